The van der Waals surface area contributed by atoms with Gasteiger partial charge in [0.2, 0.25) is 0 Å². The third-order valence-electron chi connectivity index (χ3n) is 5.01. The van der Waals surface area contributed by atoms with Crippen LogP contribution in [-0.4, -0.2) is 23.4 Å². The Balaban J connectivity index is 1.93. The number of benzene rings is 1. The molecule has 1 heterocycles. The molecule has 0 unspecified atom stereocenters. The van der Waals surface area contributed by atoms with Crippen LogP contribution in [0.2, 0.25) is 0 Å². The maximum atomic E-state index is 10.4. The van der Waals surface area contributed by atoms with Gasteiger partial charge in [0.25, 0.3) is 0 Å². The Hall–Kier alpha value is -0.835. The van der Waals surface area contributed by atoms with Crippen molar-refractivity contribution in [1.29, 1.82) is 0 Å². The maximum absolute atomic E-state index is 10.4. The zero-order valence-corrected chi connectivity index (χ0v) is 13.0. The molecule has 2 fully saturated rings. The van der Waals surface area contributed by atoms with Crippen LogP contribution in [0.4, 0.5) is 0 Å². The first-order valence-electron chi connectivity index (χ1n) is 7.34. The van der Waals surface area contributed by atoms with Crippen LogP contribution in [-0.2, 0) is 14.9 Å². The molecule has 1 aromatic rings. The molecule has 1 saturated heterocycles. The van der Waals surface area contributed by atoms with Crippen LogP contribution >= 0.6 is 0 Å². The van der Waals surface area contributed by atoms with E-state index in [9.17, 15) is 5.11 Å². The van der Waals surface area contributed by atoms with E-state index in [0.29, 0.717) is 0 Å². The van der Waals surface area contributed by atoms with Gasteiger partial charge < -0.3 is 14.4 Å². The molecular formula is C16H23BO3. The molecule has 0 atom stereocenters. The summed E-state index contributed by atoms with van der Waals surface area (Å²) < 4.78 is 12.1. The Morgan fingerprint density at radius 3 is 2.10 bits per heavy atom. The quantitative estimate of drug-likeness (QED) is 0.841. The summed E-state index contributed by atoms with van der Waals surface area (Å²) in [5.41, 5.74) is 1.85. The molecule has 3 nitrogen and oxygen atoms in total. The number of aliphatic hydroxyl groups is 1. The summed E-state index contributed by atoms with van der Waals surface area (Å²) in [6.07, 6.45) is 1.70. The zero-order chi connectivity index (χ0) is 14.8. The lowest BCUT2D eigenvalue weighted by Gasteiger charge is -2.32. The lowest BCUT2D eigenvalue weighted by atomic mass is 9.77. The Kier molecular flexibility index (Phi) is 2.89. The molecule has 1 N–H and O–H groups in total. The predicted molar refractivity (Wildman–Crippen MR) is 80.0 cm³/mol. The monoisotopic (exact) mass is 274 g/mol. The molecule has 0 bridgehead atoms. The van der Waals surface area contributed by atoms with Gasteiger partial charge >= 0.3 is 7.12 Å². The average molecular weight is 274 g/mol. The van der Waals surface area contributed by atoms with E-state index in [0.717, 1.165) is 29.4 Å². The number of aryl methyl sites for hydroxylation is 1. The van der Waals surface area contributed by atoms with Crippen molar-refractivity contribution in [1.82, 2.24) is 0 Å². The summed E-state index contributed by atoms with van der Waals surface area (Å²) in [6.45, 7) is 10.2. The molecule has 0 amide bonds. The fourth-order valence-corrected chi connectivity index (χ4v) is 2.65. The van der Waals surface area contributed by atoms with Gasteiger partial charge in [-0.05, 0) is 64.1 Å². The van der Waals surface area contributed by atoms with Gasteiger partial charge in [0.1, 0.15) is 0 Å². The highest BCUT2D eigenvalue weighted by Crippen LogP contribution is 2.46. The Morgan fingerprint density at radius 1 is 1.05 bits per heavy atom. The smallest absolute Gasteiger partial charge is 0.399 e. The molecule has 1 aliphatic carbocycles. The zero-order valence-electron chi connectivity index (χ0n) is 13.0. The molecule has 1 aliphatic heterocycles. The van der Waals surface area contributed by atoms with Gasteiger partial charge in [-0.1, -0.05) is 18.2 Å². The van der Waals surface area contributed by atoms with Gasteiger partial charge in [-0.3, -0.25) is 0 Å². The van der Waals surface area contributed by atoms with E-state index in [4.69, 9.17) is 9.31 Å². The van der Waals surface area contributed by atoms with Gasteiger partial charge in [0.05, 0.1) is 16.8 Å². The standard InChI is InChI=1S/C16H23BO3/c1-11-6-7-12(10-13(11)16(18)8-9-16)17-19-14(2,3)15(4,5)20-17/h6-7,10,18H,8-9H2,1-5H3. The molecular weight excluding hydrogens is 251 g/mol. The second kappa shape index (κ2) is 4.09. The van der Waals surface area contributed by atoms with Crippen molar-refractivity contribution in [2.45, 2.75) is 64.3 Å². The Bertz CT molecular complexity index is 531. The maximum Gasteiger partial charge on any atom is 0.494 e. The fourth-order valence-electron chi connectivity index (χ4n) is 2.65. The van der Waals surface area contributed by atoms with Crippen molar-refractivity contribution in [2.24, 2.45) is 0 Å². The van der Waals surface area contributed by atoms with Gasteiger partial charge in [-0.2, -0.15) is 0 Å². The molecule has 3 rings (SSSR count). The minimum Gasteiger partial charge on any atom is -0.399 e. The van der Waals surface area contributed by atoms with Crippen LogP contribution in [0.5, 0.6) is 0 Å². The second-order valence-corrected chi connectivity index (χ2v) is 7.19. The highest BCUT2D eigenvalue weighted by molar-refractivity contribution is 6.62. The minimum absolute atomic E-state index is 0.334. The summed E-state index contributed by atoms with van der Waals surface area (Å²) in [5.74, 6) is 0. The summed E-state index contributed by atoms with van der Waals surface area (Å²) in [5, 5.41) is 10.4. The lowest BCUT2D eigenvalue weighted by Crippen LogP contribution is -2.41. The van der Waals surface area contributed by atoms with E-state index < -0.39 is 5.60 Å². The topological polar surface area (TPSA) is 38.7 Å². The Labute approximate surface area is 121 Å². The number of hydrogen-bond donors (Lipinski definition) is 1. The van der Waals surface area contributed by atoms with Gasteiger partial charge in [-0.15, -0.1) is 0 Å². The molecule has 2 aliphatic rings. The fraction of sp³-hybridized carbons (Fsp3) is 0.625. The van der Waals surface area contributed by atoms with Crippen LogP contribution in [0, 0.1) is 6.92 Å². The first-order valence-corrected chi connectivity index (χ1v) is 7.34. The third kappa shape index (κ3) is 2.10. The summed E-state index contributed by atoms with van der Waals surface area (Å²) >= 11 is 0. The van der Waals surface area contributed by atoms with Crippen LogP contribution in [0.3, 0.4) is 0 Å². The first kappa shape index (κ1) is 14.1. The summed E-state index contributed by atoms with van der Waals surface area (Å²) in [6, 6.07) is 6.13. The molecule has 1 aromatic carbocycles. The predicted octanol–water partition coefficient (Wildman–Crippen LogP) is 2.28. The van der Waals surface area contributed by atoms with Gasteiger partial charge in [-0.25, -0.2) is 0 Å². The van der Waals surface area contributed by atoms with Crippen molar-refractivity contribution < 1.29 is 14.4 Å². The first-order chi connectivity index (χ1) is 9.15. The van der Waals surface area contributed by atoms with Crippen molar-refractivity contribution in [3.05, 3.63) is 29.3 Å². The lowest BCUT2D eigenvalue weighted by molar-refractivity contribution is 0.00578. The molecule has 1 saturated carbocycles. The highest BCUT2D eigenvalue weighted by Gasteiger charge is 2.52. The normalized spacial score (nSPS) is 25.8. The number of hydrogen-bond acceptors (Lipinski definition) is 3. The van der Waals surface area contributed by atoms with E-state index in [2.05, 4.69) is 27.7 Å². The molecule has 0 spiro atoms. The van der Waals surface area contributed by atoms with Crippen LogP contribution < -0.4 is 5.46 Å². The van der Waals surface area contributed by atoms with Crippen molar-refractivity contribution >= 4 is 12.6 Å². The van der Waals surface area contributed by atoms with E-state index >= 15 is 0 Å². The van der Waals surface area contributed by atoms with E-state index in [-0.39, 0.29) is 18.3 Å². The van der Waals surface area contributed by atoms with E-state index in [1.165, 1.54) is 0 Å². The summed E-state index contributed by atoms with van der Waals surface area (Å²) in [4.78, 5) is 0. The summed E-state index contributed by atoms with van der Waals surface area (Å²) in [7, 11) is -0.360. The number of rotatable bonds is 2. The molecule has 108 valence electrons. The highest BCUT2D eigenvalue weighted by atomic mass is 16.7. The van der Waals surface area contributed by atoms with Gasteiger partial charge in [0, 0.05) is 0 Å². The van der Waals surface area contributed by atoms with Crippen molar-refractivity contribution in [3.8, 4) is 0 Å². The largest absolute Gasteiger partial charge is 0.494 e. The molecule has 0 radical (unpaired) electrons. The van der Waals surface area contributed by atoms with Crippen LogP contribution in [0.25, 0.3) is 0 Å². The molecule has 20 heavy (non-hydrogen) atoms. The Morgan fingerprint density at radius 2 is 1.60 bits per heavy atom. The van der Waals surface area contributed by atoms with Crippen molar-refractivity contribution in [2.75, 3.05) is 0 Å². The third-order valence-corrected chi connectivity index (χ3v) is 5.01. The van der Waals surface area contributed by atoms with Crippen LogP contribution in [0.1, 0.15) is 51.7 Å². The minimum atomic E-state index is -0.621. The van der Waals surface area contributed by atoms with Gasteiger partial charge in [0.15, 0.2) is 0 Å². The van der Waals surface area contributed by atoms with E-state index in [1.54, 1.807) is 0 Å². The SMILES string of the molecule is Cc1ccc(B2OC(C)(C)C(C)(C)O2)cc1C1(O)CC1. The molecule has 0 aromatic heterocycles. The van der Waals surface area contributed by atoms with E-state index in [1.807, 2.05) is 25.1 Å². The second-order valence-electron chi connectivity index (χ2n) is 7.19. The van der Waals surface area contributed by atoms with Crippen LogP contribution in [0.15, 0.2) is 18.2 Å². The molecule has 4 heteroatoms. The van der Waals surface area contributed by atoms with Crippen molar-refractivity contribution in [3.63, 3.8) is 0 Å². The average Bonchev–Trinajstić information content (AvgIpc) is 3.02.